The topological polar surface area (TPSA) is 67.8 Å². The van der Waals surface area contributed by atoms with E-state index in [1.165, 1.54) is 6.21 Å². The van der Waals surface area contributed by atoms with E-state index in [-0.39, 0.29) is 4.90 Å². The molecule has 3 aromatic carbocycles. The highest BCUT2D eigenvalue weighted by Gasteiger charge is 2.13. The molecule has 0 radical (unpaired) electrons. The largest absolute Gasteiger partial charge is 0.492 e. The van der Waals surface area contributed by atoms with Crippen LogP contribution in [0.2, 0.25) is 0 Å². The molecule has 0 aliphatic heterocycles. The summed E-state index contributed by atoms with van der Waals surface area (Å²) in [6.07, 6.45) is 1.43. The lowest BCUT2D eigenvalue weighted by Crippen LogP contribution is -2.18. The number of nitrogens with zero attached hydrogens (tertiary/aromatic N) is 1. The zero-order valence-corrected chi connectivity index (χ0v) is 18.3. The lowest BCUT2D eigenvalue weighted by atomic mass is 10.1. The number of nitrogens with one attached hydrogen (secondary N) is 1. The van der Waals surface area contributed by atoms with Gasteiger partial charge in [0.25, 0.3) is 10.0 Å². The van der Waals surface area contributed by atoms with Crippen molar-refractivity contribution in [2.75, 3.05) is 6.61 Å². The van der Waals surface area contributed by atoms with Crippen molar-refractivity contribution in [3.05, 3.63) is 69.1 Å². The molecule has 0 aliphatic carbocycles. The lowest BCUT2D eigenvalue weighted by Gasteiger charge is -2.09. The van der Waals surface area contributed by atoms with Crippen LogP contribution in [0.25, 0.3) is 10.8 Å². The van der Waals surface area contributed by atoms with Gasteiger partial charge in [-0.25, -0.2) is 4.83 Å². The summed E-state index contributed by atoms with van der Waals surface area (Å²) in [6.45, 7) is 2.44. The fraction of sp³-hybridized carbons (Fsp3) is 0.105. The van der Waals surface area contributed by atoms with Crippen molar-refractivity contribution in [3.63, 3.8) is 0 Å². The third-order valence-corrected chi connectivity index (χ3v) is 6.13. The minimum Gasteiger partial charge on any atom is -0.492 e. The Kier molecular flexibility index (Phi) is 6.18. The number of sulfonamides is 1. The van der Waals surface area contributed by atoms with E-state index in [1.54, 1.807) is 30.3 Å². The molecular formula is C19H16Br2N2O3S. The first-order valence-corrected chi connectivity index (χ1v) is 11.1. The Labute approximate surface area is 174 Å². The molecule has 140 valence electrons. The van der Waals surface area contributed by atoms with Gasteiger partial charge in [0.1, 0.15) is 5.75 Å². The fourth-order valence-electron chi connectivity index (χ4n) is 2.49. The Morgan fingerprint density at radius 2 is 1.70 bits per heavy atom. The molecule has 0 aliphatic rings. The SMILES string of the molecule is CCOc1c(Br)cc(/C=N/NS(=O)(=O)c2ccc3ccccc3c2)cc1Br. The van der Waals surface area contributed by atoms with Gasteiger partial charge in [-0.15, -0.1) is 0 Å². The van der Waals surface area contributed by atoms with E-state index in [0.29, 0.717) is 17.9 Å². The van der Waals surface area contributed by atoms with Crippen LogP contribution in [-0.4, -0.2) is 21.2 Å². The van der Waals surface area contributed by atoms with Gasteiger partial charge < -0.3 is 4.74 Å². The van der Waals surface area contributed by atoms with Crippen LogP contribution in [0, 0.1) is 0 Å². The average Bonchev–Trinajstić information content (AvgIpc) is 2.64. The van der Waals surface area contributed by atoms with Crippen LogP contribution in [0.4, 0.5) is 0 Å². The van der Waals surface area contributed by atoms with E-state index >= 15 is 0 Å². The zero-order chi connectivity index (χ0) is 19.4. The summed E-state index contributed by atoms with van der Waals surface area (Å²) >= 11 is 6.87. The second-order valence-corrected chi connectivity index (χ2v) is 8.98. The fourth-order valence-corrected chi connectivity index (χ4v) is 4.77. The number of rotatable bonds is 6. The van der Waals surface area contributed by atoms with Gasteiger partial charge in [0.05, 0.1) is 26.7 Å². The smallest absolute Gasteiger partial charge is 0.276 e. The van der Waals surface area contributed by atoms with Gasteiger partial charge in [0, 0.05) is 0 Å². The van der Waals surface area contributed by atoms with Gasteiger partial charge >= 0.3 is 0 Å². The normalized spacial score (nSPS) is 11.8. The third-order valence-electron chi connectivity index (χ3n) is 3.73. The van der Waals surface area contributed by atoms with Crippen molar-refractivity contribution in [1.82, 2.24) is 4.83 Å². The van der Waals surface area contributed by atoms with Crippen LogP contribution in [0.5, 0.6) is 5.75 Å². The molecule has 5 nitrogen and oxygen atoms in total. The minimum absolute atomic E-state index is 0.160. The van der Waals surface area contributed by atoms with E-state index in [4.69, 9.17) is 4.74 Å². The molecule has 0 amide bonds. The maximum Gasteiger partial charge on any atom is 0.276 e. The molecule has 8 heteroatoms. The van der Waals surface area contributed by atoms with Crippen LogP contribution in [-0.2, 0) is 10.0 Å². The Bertz CT molecular complexity index is 1090. The summed E-state index contributed by atoms with van der Waals surface area (Å²) in [5.41, 5.74) is 0.707. The van der Waals surface area contributed by atoms with Crippen molar-refractivity contribution in [2.24, 2.45) is 5.10 Å². The highest BCUT2D eigenvalue weighted by Crippen LogP contribution is 2.34. The Hall–Kier alpha value is -1.90. The van der Waals surface area contributed by atoms with Gasteiger partial charge in [-0.2, -0.15) is 13.5 Å². The quantitative estimate of drug-likeness (QED) is 0.371. The molecule has 0 unspecified atom stereocenters. The zero-order valence-electron chi connectivity index (χ0n) is 14.3. The van der Waals surface area contributed by atoms with E-state index in [0.717, 1.165) is 19.7 Å². The third kappa shape index (κ3) is 4.69. The summed E-state index contributed by atoms with van der Waals surface area (Å²) in [7, 11) is -3.75. The van der Waals surface area contributed by atoms with Crippen LogP contribution in [0.3, 0.4) is 0 Å². The molecule has 0 heterocycles. The van der Waals surface area contributed by atoms with Crippen molar-refractivity contribution in [3.8, 4) is 5.75 Å². The number of hydrogen-bond acceptors (Lipinski definition) is 4. The summed E-state index contributed by atoms with van der Waals surface area (Å²) in [5, 5.41) is 5.71. The molecule has 1 N–H and O–H groups in total. The first kappa shape index (κ1) is 19.9. The number of fused-ring (bicyclic) bond motifs is 1. The predicted molar refractivity (Wildman–Crippen MR) is 115 cm³/mol. The van der Waals surface area contributed by atoms with E-state index in [1.807, 2.05) is 31.2 Å². The molecule has 27 heavy (non-hydrogen) atoms. The van der Waals surface area contributed by atoms with E-state index < -0.39 is 10.0 Å². The second-order valence-electron chi connectivity index (χ2n) is 5.61. The Balaban J connectivity index is 1.80. The summed E-state index contributed by atoms with van der Waals surface area (Å²) in [4.78, 5) is 2.41. The molecule has 0 aromatic heterocycles. The summed E-state index contributed by atoms with van der Waals surface area (Å²) < 4.78 is 32.0. The molecule has 0 atom stereocenters. The van der Waals surface area contributed by atoms with Crippen molar-refractivity contribution in [1.29, 1.82) is 0 Å². The van der Waals surface area contributed by atoms with Crippen LogP contribution in [0.15, 0.2) is 73.5 Å². The lowest BCUT2D eigenvalue weighted by molar-refractivity contribution is 0.336. The summed E-state index contributed by atoms with van der Waals surface area (Å²) in [5.74, 6) is 0.686. The standard InChI is InChI=1S/C19H16Br2N2O3S/c1-2-26-19-17(20)9-13(10-18(19)21)12-22-23-27(24,25)16-8-7-14-5-3-4-6-15(14)11-16/h3-12,23H,2H2,1H3/b22-12+. The Morgan fingerprint density at radius 1 is 1.04 bits per heavy atom. The molecule has 3 rings (SSSR count). The van der Waals surface area contributed by atoms with Gasteiger partial charge in [0.15, 0.2) is 0 Å². The molecule has 0 saturated heterocycles. The first-order valence-electron chi connectivity index (χ1n) is 8.06. The highest BCUT2D eigenvalue weighted by molar-refractivity contribution is 9.11. The average molecular weight is 512 g/mol. The van der Waals surface area contributed by atoms with Crippen LogP contribution in [0.1, 0.15) is 12.5 Å². The molecule has 3 aromatic rings. The van der Waals surface area contributed by atoms with Gasteiger partial charge in [0.2, 0.25) is 0 Å². The number of ether oxygens (including phenoxy) is 1. The van der Waals surface area contributed by atoms with Crippen LogP contribution >= 0.6 is 31.9 Å². The second kappa shape index (κ2) is 8.41. The van der Waals surface area contributed by atoms with Gasteiger partial charge in [-0.1, -0.05) is 30.3 Å². The van der Waals surface area contributed by atoms with Crippen molar-refractivity contribution >= 4 is 58.9 Å². The molecular weight excluding hydrogens is 496 g/mol. The van der Waals surface area contributed by atoms with Crippen molar-refractivity contribution in [2.45, 2.75) is 11.8 Å². The number of halogens is 2. The predicted octanol–water partition coefficient (Wildman–Crippen LogP) is 5.08. The molecule has 0 spiro atoms. The highest BCUT2D eigenvalue weighted by atomic mass is 79.9. The Morgan fingerprint density at radius 3 is 2.37 bits per heavy atom. The summed E-state index contributed by atoms with van der Waals surface area (Å²) in [6, 6.07) is 16.1. The first-order chi connectivity index (χ1) is 12.9. The maximum atomic E-state index is 12.5. The minimum atomic E-state index is -3.75. The van der Waals surface area contributed by atoms with Crippen LogP contribution < -0.4 is 9.57 Å². The number of hydrogen-bond donors (Lipinski definition) is 1. The van der Waals surface area contributed by atoms with Gasteiger partial charge in [-0.3, -0.25) is 0 Å². The van der Waals surface area contributed by atoms with E-state index in [9.17, 15) is 8.42 Å². The molecule has 0 fully saturated rings. The molecule has 0 saturated carbocycles. The maximum absolute atomic E-state index is 12.5. The molecule has 0 bridgehead atoms. The number of benzene rings is 3. The van der Waals surface area contributed by atoms with E-state index in [2.05, 4.69) is 41.8 Å². The number of hydrazone groups is 1. The monoisotopic (exact) mass is 510 g/mol. The van der Waals surface area contributed by atoms with Crippen molar-refractivity contribution < 1.29 is 13.2 Å². The van der Waals surface area contributed by atoms with Gasteiger partial charge in [-0.05, 0) is 79.4 Å².